The minimum Gasteiger partial charge on any atom is -0.497 e. The largest absolute Gasteiger partial charge is 0.497 e. The summed E-state index contributed by atoms with van der Waals surface area (Å²) in [5.74, 6) is 2.31. The standard InChI is InChI=1S/C21H23N5O2/c1-15-22-20(24-23-15)16-6-8-17(9-7-16)21(27)26-12-10-25(11-13-26)18-4-3-5-19(14-18)28-2/h3-9,14H,10-13H2,1-2H3,(H,22,23,24). The molecule has 0 radical (unpaired) electrons. The van der Waals surface area contributed by atoms with Crippen molar-refractivity contribution in [1.29, 1.82) is 0 Å². The van der Waals surface area contributed by atoms with Crippen molar-refractivity contribution in [2.75, 3.05) is 38.2 Å². The van der Waals surface area contributed by atoms with Gasteiger partial charge in [-0.25, -0.2) is 4.98 Å². The van der Waals surface area contributed by atoms with Gasteiger partial charge in [0.2, 0.25) is 0 Å². The van der Waals surface area contributed by atoms with Crippen LogP contribution in [-0.2, 0) is 0 Å². The monoisotopic (exact) mass is 377 g/mol. The highest BCUT2D eigenvalue weighted by Crippen LogP contribution is 2.23. The van der Waals surface area contributed by atoms with Crippen LogP contribution in [0.4, 0.5) is 5.69 Å². The normalized spacial score (nSPS) is 14.2. The SMILES string of the molecule is COc1cccc(N2CCN(C(=O)c3ccc(-c4n[nH]c(C)n4)cc3)CC2)c1. The lowest BCUT2D eigenvalue weighted by atomic mass is 10.1. The predicted molar refractivity (Wildman–Crippen MR) is 108 cm³/mol. The maximum absolute atomic E-state index is 12.8. The fourth-order valence-corrected chi connectivity index (χ4v) is 3.39. The Hall–Kier alpha value is -3.35. The Labute approximate surface area is 164 Å². The van der Waals surface area contributed by atoms with Crippen molar-refractivity contribution in [3.8, 4) is 17.1 Å². The van der Waals surface area contributed by atoms with Crippen LogP contribution in [0, 0.1) is 6.92 Å². The van der Waals surface area contributed by atoms with Crippen molar-refractivity contribution in [3.63, 3.8) is 0 Å². The Bertz CT molecular complexity index is 959. The summed E-state index contributed by atoms with van der Waals surface area (Å²) >= 11 is 0. The van der Waals surface area contributed by atoms with E-state index in [4.69, 9.17) is 4.74 Å². The van der Waals surface area contributed by atoms with Gasteiger partial charge >= 0.3 is 0 Å². The lowest BCUT2D eigenvalue weighted by Crippen LogP contribution is -2.48. The van der Waals surface area contributed by atoms with Crippen molar-refractivity contribution in [1.82, 2.24) is 20.1 Å². The average molecular weight is 377 g/mol. The summed E-state index contributed by atoms with van der Waals surface area (Å²) in [7, 11) is 1.67. The van der Waals surface area contributed by atoms with Gasteiger partial charge in [0.15, 0.2) is 5.82 Å². The van der Waals surface area contributed by atoms with E-state index in [0.717, 1.165) is 35.9 Å². The van der Waals surface area contributed by atoms with Gasteiger partial charge in [-0.1, -0.05) is 18.2 Å². The molecule has 1 fully saturated rings. The number of ether oxygens (including phenoxy) is 1. The molecule has 2 aromatic carbocycles. The predicted octanol–water partition coefficient (Wildman–Crippen LogP) is 2.75. The first-order valence-corrected chi connectivity index (χ1v) is 9.32. The number of piperazine rings is 1. The third-order valence-electron chi connectivity index (χ3n) is 4.97. The number of hydrogen-bond donors (Lipinski definition) is 1. The van der Waals surface area contributed by atoms with E-state index < -0.39 is 0 Å². The van der Waals surface area contributed by atoms with Crippen LogP contribution in [0.5, 0.6) is 5.75 Å². The molecule has 144 valence electrons. The second-order valence-electron chi connectivity index (χ2n) is 6.80. The molecule has 1 N–H and O–H groups in total. The van der Waals surface area contributed by atoms with Gasteiger partial charge in [-0.15, -0.1) is 0 Å². The Balaban J connectivity index is 1.39. The first-order chi connectivity index (χ1) is 13.6. The number of aromatic nitrogens is 3. The van der Waals surface area contributed by atoms with E-state index in [-0.39, 0.29) is 5.91 Å². The van der Waals surface area contributed by atoms with Crippen LogP contribution < -0.4 is 9.64 Å². The highest BCUT2D eigenvalue weighted by atomic mass is 16.5. The third-order valence-corrected chi connectivity index (χ3v) is 4.97. The number of aromatic amines is 1. The van der Waals surface area contributed by atoms with Crippen molar-refractivity contribution in [3.05, 3.63) is 59.9 Å². The van der Waals surface area contributed by atoms with Gasteiger partial charge in [0.1, 0.15) is 11.6 Å². The summed E-state index contributed by atoms with van der Waals surface area (Å²) in [5.41, 5.74) is 2.70. The van der Waals surface area contributed by atoms with Crippen LogP contribution in [0.25, 0.3) is 11.4 Å². The maximum atomic E-state index is 12.8. The average Bonchev–Trinajstić information content (AvgIpc) is 3.20. The molecule has 1 aromatic heterocycles. The molecule has 0 spiro atoms. The van der Waals surface area contributed by atoms with Gasteiger partial charge in [0.25, 0.3) is 5.91 Å². The number of methoxy groups -OCH3 is 1. The van der Waals surface area contributed by atoms with Crippen molar-refractivity contribution in [2.24, 2.45) is 0 Å². The highest BCUT2D eigenvalue weighted by molar-refractivity contribution is 5.94. The summed E-state index contributed by atoms with van der Waals surface area (Å²) in [5, 5.41) is 6.99. The zero-order valence-corrected chi connectivity index (χ0v) is 16.1. The number of aryl methyl sites for hydroxylation is 1. The molecule has 7 nitrogen and oxygen atoms in total. The molecule has 0 bridgehead atoms. The second kappa shape index (κ2) is 7.72. The molecule has 0 atom stereocenters. The van der Waals surface area contributed by atoms with Crippen LogP contribution in [0.3, 0.4) is 0 Å². The third kappa shape index (κ3) is 3.69. The molecule has 0 unspecified atom stereocenters. The fourth-order valence-electron chi connectivity index (χ4n) is 3.39. The highest BCUT2D eigenvalue weighted by Gasteiger charge is 2.22. The zero-order valence-electron chi connectivity index (χ0n) is 16.1. The first kappa shape index (κ1) is 18.0. The molecule has 1 aliphatic heterocycles. The van der Waals surface area contributed by atoms with Crippen LogP contribution >= 0.6 is 0 Å². The maximum Gasteiger partial charge on any atom is 0.253 e. The molecule has 7 heteroatoms. The van der Waals surface area contributed by atoms with Crippen LogP contribution in [0.15, 0.2) is 48.5 Å². The van der Waals surface area contributed by atoms with Crippen molar-refractivity contribution >= 4 is 11.6 Å². The number of carbonyl (C=O) groups excluding carboxylic acids is 1. The van der Waals surface area contributed by atoms with Gasteiger partial charge in [0.05, 0.1) is 7.11 Å². The Morgan fingerprint density at radius 1 is 1.07 bits per heavy atom. The van der Waals surface area contributed by atoms with Gasteiger partial charge in [-0.2, -0.15) is 5.10 Å². The van der Waals surface area contributed by atoms with Crippen LogP contribution in [0.2, 0.25) is 0 Å². The van der Waals surface area contributed by atoms with Crippen LogP contribution in [0.1, 0.15) is 16.2 Å². The number of nitrogens with one attached hydrogen (secondary N) is 1. The molecule has 0 saturated carbocycles. The summed E-state index contributed by atoms with van der Waals surface area (Å²) in [6, 6.07) is 15.5. The minimum atomic E-state index is 0.0583. The number of anilines is 1. The number of benzene rings is 2. The van der Waals surface area contributed by atoms with Gasteiger partial charge < -0.3 is 14.5 Å². The van der Waals surface area contributed by atoms with Crippen molar-refractivity contribution < 1.29 is 9.53 Å². The molecular weight excluding hydrogens is 354 g/mol. The van der Waals surface area contributed by atoms with Gasteiger partial charge in [-0.05, 0) is 31.2 Å². The van der Waals surface area contributed by atoms with E-state index in [9.17, 15) is 4.79 Å². The Kier molecular flexibility index (Phi) is 4.97. The number of hydrogen-bond acceptors (Lipinski definition) is 5. The van der Waals surface area contributed by atoms with E-state index in [0.29, 0.717) is 24.5 Å². The summed E-state index contributed by atoms with van der Waals surface area (Å²) in [4.78, 5) is 21.3. The fraction of sp³-hybridized carbons (Fsp3) is 0.286. The molecule has 1 amide bonds. The number of H-pyrrole nitrogens is 1. The lowest BCUT2D eigenvalue weighted by molar-refractivity contribution is 0.0747. The molecule has 0 aliphatic carbocycles. The molecule has 2 heterocycles. The molecular formula is C21H23N5O2. The summed E-state index contributed by atoms with van der Waals surface area (Å²) in [6.07, 6.45) is 0. The van der Waals surface area contributed by atoms with Gasteiger partial charge in [0, 0.05) is 49.1 Å². The number of nitrogens with zero attached hydrogens (tertiary/aromatic N) is 4. The molecule has 28 heavy (non-hydrogen) atoms. The summed E-state index contributed by atoms with van der Waals surface area (Å²) in [6.45, 7) is 4.84. The van der Waals surface area contributed by atoms with E-state index in [1.54, 1.807) is 7.11 Å². The lowest BCUT2D eigenvalue weighted by Gasteiger charge is -2.36. The minimum absolute atomic E-state index is 0.0583. The first-order valence-electron chi connectivity index (χ1n) is 9.32. The Morgan fingerprint density at radius 2 is 1.82 bits per heavy atom. The van der Waals surface area contributed by atoms with E-state index >= 15 is 0 Å². The quantitative estimate of drug-likeness (QED) is 0.757. The topological polar surface area (TPSA) is 74.3 Å². The summed E-state index contributed by atoms with van der Waals surface area (Å²) < 4.78 is 5.30. The number of amides is 1. The molecule has 4 rings (SSSR count). The molecule has 3 aromatic rings. The van der Waals surface area contributed by atoms with E-state index in [1.165, 1.54) is 0 Å². The second-order valence-corrected chi connectivity index (χ2v) is 6.80. The number of carbonyl (C=O) groups is 1. The Morgan fingerprint density at radius 3 is 2.46 bits per heavy atom. The van der Waals surface area contributed by atoms with Gasteiger partial charge in [-0.3, -0.25) is 9.89 Å². The zero-order chi connectivity index (χ0) is 19.5. The molecule has 1 saturated heterocycles. The number of rotatable bonds is 4. The smallest absolute Gasteiger partial charge is 0.253 e. The van der Waals surface area contributed by atoms with E-state index in [1.807, 2.05) is 54.3 Å². The van der Waals surface area contributed by atoms with Crippen LogP contribution in [-0.4, -0.2) is 59.3 Å². The molecule has 1 aliphatic rings. The van der Waals surface area contributed by atoms with E-state index in [2.05, 4.69) is 26.1 Å². The van der Waals surface area contributed by atoms with Crippen molar-refractivity contribution in [2.45, 2.75) is 6.92 Å².